The molecular formula is C15H20O7. The second kappa shape index (κ2) is 5.19. The van der Waals surface area contributed by atoms with Gasteiger partial charge in [0.15, 0.2) is 0 Å². The summed E-state index contributed by atoms with van der Waals surface area (Å²) >= 11 is 0. The van der Waals surface area contributed by atoms with Gasteiger partial charge in [0, 0.05) is 12.5 Å². The Balaban J connectivity index is 2.44. The van der Waals surface area contributed by atoms with Gasteiger partial charge in [-0.1, -0.05) is 6.08 Å². The maximum absolute atomic E-state index is 12.2. The molecule has 4 N–H and O–H groups in total. The molecule has 0 radical (unpaired) electrons. The normalized spacial score (nSPS) is 41.8. The number of aliphatic hydroxyl groups excluding tert-OH is 2. The molecule has 1 unspecified atom stereocenters. The van der Waals surface area contributed by atoms with E-state index in [1.165, 1.54) is 26.0 Å². The summed E-state index contributed by atoms with van der Waals surface area (Å²) in [7, 11) is 0. The van der Waals surface area contributed by atoms with Gasteiger partial charge >= 0.3 is 11.9 Å². The highest BCUT2D eigenvalue weighted by Crippen LogP contribution is 2.58. The molecule has 1 heterocycles. The number of carboxylic acids is 1. The predicted molar refractivity (Wildman–Crippen MR) is 74.7 cm³/mol. The average Bonchev–Trinajstić information content (AvgIpc) is 2.47. The van der Waals surface area contributed by atoms with Gasteiger partial charge in [0.05, 0.1) is 12.7 Å². The number of hydrogen-bond acceptors (Lipinski definition) is 6. The highest BCUT2D eigenvalue weighted by molar-refractivity contribution is 5.84. The van der Waals surface area contributed by atoms with Crippen LogP contribution in [0.5, 0.6) is 0 Å². The lowest BCUT2D eigenvalue weighted by Crippen LogP contribution is -2.61. The van der Waals surface area contributed by atoms with Gasteiger partial charge < -0.3 is 25.2 Å². The lowest BCUT2D eigenvalue weighted by molar-refractivity contribution is -0.156. The van der Waals surface area contributed by atoms with Crippen LogP contribution in [0.4, 0.5) is 0 Å². The molecule has 22 heavy (non-hydrogen) atoms. The maximum Gasteiger partial charge on any atom is 0.328 e. The fourth-order valence-electron chi connectivity index (χ4n) is 3.46. The van der Waals surface area contributed by atoms with Gasteiger partial charge in [-0.15, -0.1) is 0 Å². The van der Waals surface area contributed by atoms with E-state index < -0.39 is 41.3 Å². The van der Waals surface area contributed by atoms with Gasteiger partial charge in [0.25, 0.3) is 0 Å². The van der Waals surface area contributed by atoms with Gasteiger partial charge in [-0.25, -0.2) is 4.79 Å². The summed E-state index contributed by atoms with van der Waals surface area (Å²) in [4.78, 5) is 22.8. The third-order valence-electron chi connectivity index (χ3n) is 4.72. The molecule has 0 aromatic carbocycles. The van der Waals surface area contributed by atoms with E-state index in [0.717, 1.165) is 6.08 Å². The second-order valence-electron chi connectivity index (χ2n) is 6.33. The SMILES string of the molecule is C[C@]12CC(O)C[C@](C)(C(=O)O1)[C@@]2(O)C=CC(=CC(=O)O)CO. The van der Waals surface area contributed by atoms with Crippen molar-refractivity contribution in [1.82, 2.24) is 0 Å². The van der Waals surface area contributed by atoms with Crippen molar-refractivity contribution in [3.05, 3.63) is 23.8 Å². The Morgan fingerprint density at radius 2 is 2.05 bits per heavy atom. The molecule has 2 rings (SSSR count). The molecule has 1 aliphatic carbocycles. The molecular weight excluding hydrogens is 292 g/mol. The minimum Gasteiger partial charge on any atom is -0.478 e. The highest BCUT2D eigenvalue weighted by atomic mass is 16.6. The Kier molecular flexibility index (Phi) is 3.93. The maximum atomic E-state index is 12.2. The second-order valence-corrected chi connectivity index (χ2v) is 6.33. The fourth-order valence-corrected chi connectivity index (χ4v) is 3.46. The van der Waals surface area contributed by atoms with Crippen molar-refractivity contribution in [2.24, 2.45) is 5.41 Å². The first-order valence-electron chi connectivity index (χ1n) is 6.95. The minimum absolute atomic E-state index is 0.0410. The van der Waals surface area contributed by atoms with E-state index in [1.807, 2.05) is 0 Å². The molecule has 122 valence electrons. The molecule has 2 bridgehead atoms. The third kappa shape index (κ3) is 2.25. The van der Waals surface area contributed by atoms with Crippen LogP contribution >= 0.6 is 0 Å². The van der Waals surface area contributed by atoms with Crippen LogP contribution in [0, 0.1) is 5.41 Å². The molecule has 0 spiro atoms. The third-order valence-corrected chi connectivity index (χ3v) is 4.72. The van der Waals surface area contributed by atoms with Gasteiger partial charge in [-0.05, 0) is 31.9 Å². The molecule has 0 aromatic rings. The summed E-state index contributed by atoms with van der Waals surface area (Å²) in [5, 5.41) is 38.8. The number of carbonyl (C=O) groups excluding carboxylic acids is 1. The number of carboxylic acid groups (broad SMARTS) is 1. The minimum atomic E-state index is -1.71. The molecule has 1 aliphatic heterocycles. The van der Waals surface area contributed by atoms with Crippen LogP contribution < -0.4 is 0 Å². The van der Waals surface area contributed by atoms with E-state index in [2.05, 4.69) is 0 Å². The lowest BCUT2D eigenvalue weighted by Gasteiger charge is -2.47. The van der Waals surface area contributed by atoms with Gasteiger partial charge in [0.1, 0.15) is 16.6 Å². The molecule has 2 aliphatic rings. The van der Waals surface area contributed by atoms with Crippen LogP contribution in [-0.4, -0.2) is 56.3 Å². The Labute approximate surface area is 127 Å². The van der Waals surface area contributed by atoms with Gasteiger partial charge in [-0.2, -0.15) is 0 Å². The lowest BCUT2D eigenvalue weighted by atomic mass is 9.59. The first-order valence-corrected chi connectivity index (χ1v) is 6.95. The smallest absolute Gasteiger partial charge is 0.328 e. The largest absolute Gasteiger partial charge is 0.478 e. The van der Waals surface area contributed by atoms with Crippen LogP contribution in [0.3, 0.4) is 0 Å². The number of esters is 1. The molecule has 0 amide bonds. The number of fused-ring (bicyclic) bond motifs is 2. The molecule has 0 aromatic heterocycles. The van der Waals surface area contributed by atoms with Crippen LogP contribution in [0.2, 0.25) is 0 Å². The Bertz CT molecular complexity index is 566. The molecule has 1 saturated heterocycles. The molecule has 4 atom stereocenters. The molecule has 2 fully saturated rings. The first-order chi connectivity index (χ1) is 10.1. The first kappa shape index (κ1) is 16.7. The van der Waals surface area contributed by atoms with Gasteiger partial charge in [-0.3, -0.25) is 4.79 Å². The number of ether oxygens (including phenoxy) is 1. The van der Waals surface area contributed by atoms with E-state index in [4.69, 9.17) is 14.9 Å². The zero-order valence-electron chi connectivity index (χ0n) is 12.4. The quantitative estimate of drug-likeness (QED) is 0.320. The van der Waals surface area contributed by atoms with Crippen LogP contribution in [0.1, 0.15) is 26.7 Å². The number of rotatable bonds is 4. The summed E-state index contributed by atoms with van der Waals surface area (Å²) in [6.45, 7) is 2.51. The Morgan fingerprint density at radius 3 is 2.55 bits per heavy atom. The zero-order chi connectivity index (χ0) is 16.8. The Hall–Kier alpha value is -1.70. The fraction of sp³-hybridized carbons (Fsp3) is 0.600. The number of carbonyl (C=O) groups is 2. The van der Waals surface area contributed by atoms with Crippen molar-refractivity contribution < 1.29 is 34.8 Å². The van der Waals surface area contributed by atoms with Crippen LogP contribution in [0.15, 0.2) is 23.8 Å². The van der Waals surface area contributed by atoms with Crippen LogP contribution in [-0.2, 0) is 14.3 Å². The highest BCUT2D eigenvalue weighted by Gasteiger charge is 2.72. The summed E-state index contributed by atoms with van der Waals surface area (Å²) in [5.74, 6) is -1.83. The topological polar surface area (TPSA) is 124 Å². The van der Waals surface area contributed by atoms with Crippen LogP contribution in [0.25, 0.3) is 0 Å². The molecule has 7 heteroatoms. The van der Waals surface area contributed by atoms with Crippen molar-refractivity contribution in [3.63, 3.8) is 0 Å². The number of aliphatic carboxylic acids is 1. The van der Waals surface area contributed by atoms with E-state index >= 15 is 0 Å². The summed E-state index contributed by atoms with van der Waals surface area (Å²) in [6.07, 6.45) is 2.71. The van der Waals surface area contributed by atoms with Crippen molar-refractivity contribution in [2.45, 2.75) is 44.0 Å². The van der Waals surface area contributed by atoms with E-state index in [-0.39, 0.29) is 18.4 Å². The van der Waals surface area contributed by atoms with E-state index in [1.54, 1.807) is 0 Å². The summed E-state index contributed by atoms with van der Waals surface area (Å²) in [5.41, 5.74) is -4.27. The Morgan fingerprint density at radius 1 is 1.41 bits per heavy atom. The molecule has 7 nitrogen and oxygen atoms in total. The van der Waals surface area contributed by atoms with Gasteiger partial charge in [0.2, 0.25) is 0 Å². The summed E-state index contributed by atoms with van der Waals surface area (Å²) < 4.78 is 5.31. The predicted octanol–water partition coefficient (Wildman–Crippen LogP) is -0.247. The monoisotopic (exact) mass is 312 g/mol. The van der Waals surface area contributed by atoms with Crippen molar-refractivity contribution in [2.75, 3.05) is 6.61 Å². The van der Waals surface area contributed by atoms with Crippen molar-refractivity contribution in [1.29, 1.82) is 0 Å². The standard InChI is InChI=1S/C15H20O7/c1-13-6-10(17)7-14(2,22-12(13)20)15(13,21)4-3-9(8-16)5-11(18)19/h3-5,10,16-17,21H,6-8H2,1-2H3,(H,18,19)/t10?,13-,14-,15+/m1/s1. The number of aliphatic hydroxyl groups is 3. The van der Waals surface area contributed by atoms with E-state index in [0.29, 0.717) is 0 Å². The van der Waals surface area contributed by atoms with Crippen molar-refractivity contribution in [3.8, 4) is 0 Å². The zero-order valence-corrected chi connectivity index (χ0v) is 12.4. The average molecular weight is 312 g/mol. The summed E-state index contributed by atoms with van der Waals surface area (Å²) in [6, 6.07) is 0. The van der Waals surface area contributed by atoms with E-state index in [9.17, 15) is 19.8 Å². The molecule has 1 saturated carbocycles. The number of hydrogen-bond donors (Lipinski definition) is 4. The van der Waals surface area contributed by atoms with Crippen molar-refractivity contribution >= 4 is 11.9 Å².